The van der Waals surface area contributed by atoms with E-state index >= 15 is 0 Å². The van der Waals surface area contributed by atoms with Gasteiger partial charge >= 0.3 is 12.1 Å². The van der Waals surface area contributed by atoms with Crippen LogP contribution >= 0.6 is 11.8 Å². The third-order valence-electron chi connectivity index (χ3n) is 6.74. The molecule has 34 heavy (non-hydrogen) atoms. The van der Waals surface area contributed by atoms with E-state index in [9.17, 15) is 19.5 Å². The Hall–Kier alpha value is -3.04. The van der Waals surface area contributed by atoms with Crippen molar-refractivity contribution < 1.29 is 29.0 Å². The number of carbonyl (C=O) groups excluding carboxylic acids is 2. The molecule has 0 saturated carbocycles. The molecule has 9 heteroatoms. The lowest BCUT2D eigenvalue weighted by atomic mass is 9.98. The number of fused-ring (bicyclic) bond motifs is 3. The molecule has 2 saturated heterocycles. The fourth-order valence-electron chi connectivity index (χ4n) is 5.09. The Balaban J connectivity index is 1.24. The van der Waals surface area contributed by atoms with Crippen molar-refractivity contribution in [2.75, 3.05) is 19.0 Å². The third-order valence-corrected chi connectivity index (χ3v) is 7.96. The Morgan fingerprint density at radius 2 is 1.76 bits per heavy atom. The van der Waals surface area contributed by atoms with Crippen molar-refractivity contribution in [2.24, 2.45) is 0 Å². The van der Waals surface area contributed by atoms with E-state index in [1.807, 2.05) is 24.3 Å². The fraction of sp³-hybridized carbons (Fsp3) is 0.400. The zero-order valence-electron chi connectivity index (χ0n) is 18.7. The molecule has 2 amide bonds. The molecule has 3 aliphatic rings. The first kappa shape index (κ1) is 22.7. The van der Waals surface area contributed by atoms with Gasteiger partial charge in [-0.15, -0.1) is 11.8 Å². The van der Waals surface area contributed by atoms with Crippen molar-refractivity contribution in [3.05, 3.63) is 59.7 Å². The average Bonchev–Trinajstić information content (AvgIpc) is 3.53. The van der Waals surface area contributed by atoms with Gasteiger partial charge < -0.3 is 24.8 Å². The van der Waals surface area contributed by atoms with E-state index in [1.54, 1.807) is 6.92 Å². The van der Waals surface area contributed by atoms with E-state index in [4.69, 9.17) is 9.47 Å². The van der Waals surface area contributed by atoms with Crippen LogP contribution in [0.2, 0.25) is 0 Å². The zero-order valence-corrected chi connectivity index (χ0v) is 19.5. The smallest absolute Gasteiger partial charge is 0.407 e. The first-order valence-electron chi connectivity index (χ1n) is 11.4. The number of carboxylic acids is 1. The second-order valence-corrected chi connectivity index (χ2v) is 10.0. The minimum Gasteiger partial charge on any atom is -0.480 e. The molecule has 2 heterocycles. The van der Waals surface area contributed by atoms with E-state index in [-0.39, 0.29) is 17.9 Å². The summed E-state index contributed by atoms with van der Waals surface area (Å²) in [5.74, 6) is -1.18. The van der Waals surface area contributed by atoms with E-state index in [0.29, 0.717) is 18.8 Å². The molecule has 178 valence electrons. The highest BCUT2D eigenvalue weighted by Crippen LogP contribution is 2.44. The lowest BCUT2D eigenvalue weighted by Gasteiger charge is -2.29. The fourth-order valence-corrected chi connectivity index (χ4v) is 6.26. The molecular weight excluding hydrogens is 456 g/mol. The Bertz CT molecular complexity index is 1080. The summed E-state index contributed by atoms with van der Waals surface area (Å²) in [4.78, 5) is 38.8. The quantitative estimate of drug-likeness (QED) is 0.675. The van der Waals surface area contributed by atoms with Gasteiger partial charge in [-0.3, -0.25) is 4.79 Å². The molecule has 0 aromatic heterocycles. The maximum Gasteiger partial charge on any atom is 0.407 e. The lowest BCUT2D eigenvalue weighted by molar-refractivity contribution is -0.153. The Kier molecular flexibility index (Phi) is 6.22. The van der Waals surface area contributed by atoms with Crippen molar-refractivity contribution in [3.8, 4) is 11.1 Å². The molecule has 2 unspecified atom stereocenters. The molecule has 5 rings (SSSR count). The van der Waals surface area contributed by atoms with Crippen LogP contribution in [0.4, 0.5) is 4.79 Å². The Morgan fingerprint density at radius 1 is 1.12 bits per heavy atom. The lowest BCUT2D eigenvalue weighted by Crippen LogP contribution is -2.54. The van der Waals surface area contributed by atoms with Crippen LogP contribution in [0.1, 0.15) is 30.4 Å². The van der Waals surface area contributed by atoms with Crippen LogP contribution in [-0.2, 0) is 19.1 Å². The highest BCUT2D eigenvalue weighted by molar-refractivity contribution is 8.00. The van der Waals surface area contributed by atoms with Gasteiger partial charge in [0.2, 0.25) is 0 Å². The predicted molar refractivity (Wildman–Crippen MR) is 127 cm³/mol. The van der Waals surface area contributed by atoms with Gasteiger partial charge in [0.25, 0.3) is 5.91 Å². The van der Waals surface area contributed by atoms with Gasteiger partial charge in [-0.2, -0.15) is 0 Å². The number of rotatable bonds is 5. The van der Waals surface area contributed by atoms with Crippen molar-refractivity contribution in [2.45, 2.75) is 42.8 Å². The highest BCUT2D eigenvalue weighted by Gasteiger charge is 2.46. The third kappa shape index (κ3) is 4.03. The molecule has 4 atom stereocenters. The van der Waals surface area contributed by atoms with Crippen LogP contribution in [0.25, 0.3) is 11.1 Å². The number of thioether (sulfide) groups is 1. The van der Waals surface area contributed by atoms with Gasteiger partial charge in [-0.1, -0.05) is 48.5 Å². The zero-order chi connectivity index (χ0) is 23.8. The summed E-state index contributed by atoms with van der Waals surface area (Å²) in [5, 5.41) is 12.0. The molecular formula is C25H26N2O6S. The normalized spacial score (nSPS) is 25.6. The van der Waals surface area contributed by atoms with Crippen LogP contribution in [0.5, 0.6) is 0 Å². The maximum absolute atomic E-state index is 13.1. The van der Waals surface area contributed by atoms with Gasteiger partial charge in [-0.05, 0) is 35.6 Å². The topological polar surface area (TPSA) is 105 Å². The molecule has 0 bridgehead atoms. The molecule has 2 aromatic rings. The number of nitrogens with one attached hydrogen (secondary N) is 1. The van der Waals surface area contributed by atoms with E-state index in [2.05, 4.69) is 29.6 Å². The largest absolute Gasteiger partial charge is 0.480 e. The SMILES string of the molecule is CC1SCC(C(=O)O)N1C(=O)[C@H]1OCC[C@H]1NC(=O)OCC1c2ccccc2-c2ccccc21. The number of aliphatic carboxylic acids is 1. The van der Waals surface area contributed by atoms with E-state index in [0.717, 1.165) is 22.3 Å². The average molecular weight is 483 g/mol. The van der Waals surface area contributed by atoms with Crippen LogP contribution in [0, 0.1) is 0 Å². The van der Waals surface area contributed by atoms with Gasteiger partial charge in [0.05, 0.1) is 11.4 Å². The second kappa shape index (κ2) is 9.31. The maximum atomic E-state index is 13.1. The number of hydrogen-bond acceptors (Lipinski definition) is 6. The number of benzene rings is 2. The number of hydrogen-bond donors (Lipinski definition) is 2. The highest BCUT2D eigenvalue weighted by atomic mass is 32.2. The predicted octanol–water partition coefficient (Wildman–Crippen LogP) is 3.06. The number of ether oxygens (including phenoxy) is 2. The summed E-state index contributed by atoms with van der Waals surface area (Å²) < 4.78 is 11.2. The number of nitrogens with zero attached hydrogens (tertiary/aromatic N) is 1. The number of carbonyl (C=O) groups is 3. The minimum absolute atomic E-state index is 0.0609. The first-order chi connectivity index (χ1) is 16.5. The molecule has 8 nitrogen and oxygen atoms in total. The standard InChI is InChI=1S/C25H26N2O6S/c1-14-27(21(13-34-14)24(29)30)23(28)22-20(10-11-32-22)26-25(31)33-12-19-17-8-4-2-6-15(17)16-7-3-5-9-18(16)19/h2-9,14,19-22H,10-13H2,1H3,(H,26,31)(H,29,30)/t14?,20-,21?,22+/m1/s1. The summed E-state index contributed by atoms with van der Waals surface area (Å²) >= 11 is 1.41. The molecule has 0 radical (unpaired) electrons. The number of amides is 2. The number of carboxylic acid groups (broad SMARTS) is 1. The van der Waals surface area contributed by atoms with Crippen LogP contribution in [0.3, 0.4) is 0 Å². The number of alkyl carbamates (subject to hydrolysis) is 1. The summed E-state index contributed by atoms with van der Waals surface area (Å²) in [6, 6.07) is 14.7. The van der Waals surface area contributed by atoms with Crippen LogP contribution < -0.4 is 5.32 Å². The summed E-state index contributed by atoms with van der Waals surface area (Å²) in [7, 11) is 0. The molecule has 2 fully saturated rings. The summed E-state index contributed by atoms with van der Waals surface area (Å²) in [6.07, 6.45) is -1.09. The minimum atomic E-state index is -1.04. The van der Waals surface area contributed by atoms with Crippen LogP contribution in [0.15, 0.2) is 48.5 Å². The summed E-state index contributed by atoms with van der Waals surface area (Å²) in [5.41, 5.74) is 4.53. The van der Waals surface area contributed by atoms with Gasteiger partial charge in [0, 0.05) is 18.3 Å². The van der Waals surface area contributed by atoms with Gasteiger partial charge in [0.1, 0.15) is 12.6 Å². The van der Waals surface area contributed by atoms with Crippen molar-refractivity contribution in [1.82, 2.24) is 10.2 Å². The van der Waals surface area contributed by atoms with Gasteiger partial charge in [-0.25, -0.2) is 9.59 Å². The molecule has 0 spiro atoms. The van der Waals surface area contributed by atoms with Crippen molar-refractivity contribution in [1.29, 1.82) is 0 Å². The molecule has 2 N–H and O–H groups in total. The van der Waals surface area contributed by atoms with Crippen LogP contribution in [-0.4, -0.2) is 70.5 Å². The van der Waals surface area contributed by atoms with Crippen molar-refractivity contribution >= 4 is 29.7 Å². The van der Waals surface area contributed by atoms with E-state index in [1.165, 1.54) is 16.7 Å². The molecule has 2 aromatic carbocycles. The Labute approximate surface area is 201 Å². The van der Waals surface area contributed by atoms with Gasteiger partial charge in [0.15, 0.2) is 6.10 Å². The first-order valence-corrected chi connectivity index (χ1v) is 12.4. The van der Waals surface area contributed by atoms with Crippen molar-refractivity contribution in [3.63, 3.8) is 0 Å². The molecule has 2 aliphatic heterocycles. The monoisotopic (exact) mass is 482 g/mol. The van der Waals surface area contributed by atoms with E-state index < -0.39 is 36.2 Å². The Morgan fingerprint density at radius 3 is 2.41 bits per heavy atom. The second-order valence-electron chi connectivity index (χ2n) is 8.69. The molecule has 1 aliphatic carbocycles. The summed E-state index contributed by atoms with van der Waals surface area (Å²) in [6.45, 7) is 2.28.